The van der Waals surface area contributed by atoms with Crippen molar-refractivity contribution >= 4 is 11.7 Å². The van der Waals surface area contributed by atoms with E-state index in [9.17, 15) is 5.11 Å². The SMILES string of the molecule is CCN(CC(C)(C)O)c1cnc(C(N)=NO)cn1. The molecule has 0 unspecified atom stereocenters. The molecule has 0 fully saturated rings. The van der Waals surface area contributed by atoms with Crippen LogP contribution in [0.5, 0.6) is 0 Å². The molecule has 18 heavy (non-hydrogen) atoms. The largest absolute Gasteiger partial charge is 0.409 e. The standard InChI is InChI=1S/C11H19N5O2/c1-4-16(7-11(2,3)17)9-6-13-8(5-14-9)10(12)15-18/h5-6,17-18H,4,7H2,1-3H3,(H2,12,15). The Labute approximate surface area is 106 Å². The average Bonchev–Trinajstić information content (AvgIpc) is 2.34. The fraction of sp³-hybridized carbons (Fsp3) is 0.545. The average molecular weight is 253 g/mol. The lowest BCUT2D eigenvalue weighted by Crippen LogP contribution is -2.39. The van der Waals surface area contributed by atoms with Crippen LogP contribution < -0.4 is 10.6 Å². The third kappa shape index (κ3) is 3.85. The molecule has 0 atom stereocenters. The summed E-state index contributed by atoms with van der Waals surface area (Å²) in [7, 11) is 0. The molecule has 1 aromatic rings. The van der Waals surface area contributed by atoms with E-state index in [-0.39, 0.29) is 5.84 Å². The van der Waals surface area contributed by atoms with E-state index < -0.39 is 5.60 Å². The molecule has 0 aliphatic heterocycles. The van der Waals surface area contributed by atoms with Crippen LogP contribution in [0.1, 0.15) is 26.5 Å². The van der Waals surface area contributed by atoms with E-state index in [1.54, 1.807) is 13.8 Å². The number of hydrogen-bond donors (Lipinski definition) is 3. The molecule has 0 aromatic carbocycles. The lowest BCUT2D eigenvalue weighted by Gasteiger charge is -2.28. The predicted molar refractivity (Wildman–Crippen MR) is 68.7 cm³/mol. The molecule has 1 aromatic heterocycles. The first kappa shape index (κ1) is 14.2. The second-order valence-electron chi connectivity index (χ2n) is 4.57. The van der Waals surface area contributed by atoms with Crippen LogP contribution in [0, 0.1) is 0 Å². The van der Waals surface area contributed by atoms with Gasteiger partial charge < -0.3 is 20.9 Å². The number of hydrogen-bond acceptors (Lipinski definition) is 6. The fourth-order valence-corrected chi connectivity index (χ4v) is 1.49. The minimum atomic E-state index is -0.818. The lowest BCUT2D eigenvalue weighted by atomic mass is 10.1. The number of anilines is 1. The topological polar surface area (TPSA) is 108 Å². The summed E-state index contributed by atoms with van der Waals surface area (Å²) in [6, 6.07) is 0. The Morgan fingerprint density at radius 3 is 2.50 bits per heavy atom. The number of amidine groups is 1. The summed E-state index contributed by atoms with van der Waals surface area (Å²) in [5.41, 5.74) is 4.89. The van der Waals surface area contributed by atoms with Crippen LogP contribution in [0.3, 0.4) is 0 Å². The van der Waals surface area contributed by atoms with Gasteiger partial charge in [0, 0.05) is 13.1 Å². The highest BCUT2D eigenvalue weighted by molar-refractivity contribution is 5.94. The molecular formula is C11H19N5O2. The van der Waals surface area contributed by atoms with Gasteiger partial charge in [-0.1, -0.05) is 5.16 Å². The molecule has 0 saturated carbocycles. The van der Waals surface area contributed by atoms with Crippen molar-refractivity contribution in [2.75, 3.05) is 18.0 Å². The van der Waals surface area contributed by atoms with Gasteiger partial charge in [0.1, 0.15) is 11.5 Å². The van der Waals surface area contributed by atoms with Gasteiger partial charge in [-0.05, 0) is 20.8 Å². The molecule has 4 N–H and O–H groups in total. The summed E-state index contributed by atoms with van der Waals surface area (Å²) in [6.07, 6.45) is 2.96. The van der Waals surface area contributed by atoms with Crippen LogP contribution in [-0.4, -0.2) is 44.8 Å². The minimum Gasteiger partial charge on any atom is -0.409 e. The zero-order chi connectivity index (χ0) is 13.8. The van der Waals surface area contributed by atoms with Crippen molar-refractivity contribution in [3.8, 4) is 0 Å². The van der Waals surface area contributed by atoms with Gasteiger partial charge >= 0.3 is 0 Å². The smallest absolute Gasteiger partial charge is 0.190 e. The summed E-state index contributed by atoms with van der Waals surface area (Å²) < 4.78 is 0. The molecule has 0 radical (unpaired) electrons. The Hall–Kier alpha value is -1.89. The molecule has 0 aliphatic rings. The van der Waals surface area contributed by atoms with Crippen molar-refractivity contribution < 1.29 is 10.3 Å². The second-order valence-corrected chi connectivity index (χ2v) is 4.57. The van der Waals surface area contributed by atoms with E-state index in [0.29, 0.717) is 24.6 Å². The van der Waals surface area contributed by atoms with Gasteiger partial charge in [0.25, 0.3) is 0 Å². The second kappa shape index (κ2) is 5.63. The first-order chi connectivity index (χ1) is 8.37. The Morgan fingerprint density at radius 1 is 1.44 bits per heavy atom. The first-order valence-electron chi connectivity index (χ1n) is 5.64. The monoisotopic (exact) mass is 253 g/mol. The third-order valence-corrected chi connectivity index (χ3v) is 2.29. The zero-order valence-corrected chi connectivity index (χ0v) is 10.8. The van der Waals surface area contributed by atoms with Crippen molar-refractivity contribution in [3.05, 3.63) is 18.1 Å². The summed E-state index contributed by atoms with van der Waals surface area (Å²) in [5, 5.41) is 21.2. The minimum absolute atomic E-state index is 0.0837. The highest BCUT2D eigenvalue weighted by Gasteiger charge is 2.18. The maximum Gasteiger partial charge on any atom is 0.190 e. The third-order valence-electron chi connectivity index (χ3n) is 2.29. The van der Waals surface area contributed by atoms with Gasteiger partial charge in [-0.15, -0.1) is 0 Å². The van der Waals surface area contributed by atoms with Gasteiger partial charge in [-0.2, -0.15) is 0 Å². The summed E-state index contributed by atoms with van der Waals surface area (Å²) in [4.78, 5) is 10.1. The molecule has 0 amide bonds. The Balaban J connectivity index is 2.89. The van der Waals surface area contributed by atoms with Gasteiger partial charge in [0.2, 0.25) is 0 Å². The van der Waals surface area contributed by atoms with E-state index in [4.69, 9.17) is 10.9 Å². The highest BCUT2D eigenvalue weighted by atomic mass is 16.4. The first-order valence-corrected chi connectivity index (χ1v) is 5.64. The quantitative estimate of drug-likeness (QED) is 0.299. The van der Waals surface area contributed by atoms with Crippen molar-refractivity contribution in [1.82, 2.24) is 9.97 Å². The molecule has 0 spiro atoms. The molecule has 0 saturated heterocycles. The van der Waals surface area contributed by atoms with Crippen LogP contribution in [0.15, 0.2) is 17.5 Å². The van der Waals surface area contributed by atoms with Crippen molar-refractivity contribution in [2.45, 2.75) is 26.4 Å². The summed E-state index contributed by atoms with van der Waals surface area (Å²) in [5.74, 6) is 0.550. The van der Waals surface area contributed by atoms with Gasteiger partial charge in [0.15, 0.2) is 5.84 Å². The number of likely N-dealkylation sites (N-methyl/N-ethyl adjacent to an activating group) is 1. The van der Waals surface area contributed by atoms with Crippen LogP contribution >= 0.6 is 0 Å². The molecule has 100 valence electrons. The van der Waals surface area contributed by atoms with Crippen LogP contribution in [0.4, 0.5) is 5.82 Å². The van der Waals surface area contributed by atoms with E-state index in [1.807, 2.05) is 11.8 Å². The van der Waals surface area contributed by atoms with Crippen molar-refractivity contribution in [1.29, 1.82) is 0 Å². The maximum atomic E-state index is 9.80. The number of oxime groups is 1. The van der Waals surface area contributed by atoms with Gasteiger partial charge in [-0.25, -0.2) is 9.97 Å². The predicted octanol–water partition coefficient (Wildman–Crippen LogP) is 0.168. The molecule has 7 heteroatoms. The molecule has 1 rings (SSSR count). The Bertz CT molecular complexity index is 410. The lowest BCUT2D eigenvalue weighted by molar-refractivity contribution is 0.0874. The molecule has 1 heterocycles. The summed E-state index contributed by atoms with van der Waals surface area (Å²) in [6.45, 7) is 6.56. The number of rotatable bonds is 5. The Kier molecular flexibility index (Phi) is 4.43. The van der Waals surface area contributed by atoms with E-state index in [1.165, 1.54) is 12.4 Å². The van der Waals surface area contributed by atoms with Crippen molar-refractivity contribution in [2.24, 2.45) is 10.9 Å². The fourth-order valence-electron chi connectivity index (χ4n) is 1.49. The van der Waals surface area contributed by atoms with Crippen LogP contribution in [-0.2, 0) is 0 Å². The van der Waals surface area contributed by atoms with Crippen LogP contribution in [0.25, 0.3) is 0 Å². The maximum absolute atomic E-state index is 9.80. The molecular weight excluding hydrogens is 234 g/mol. The number of aliphatic hydroxyl groups is 1. The van der Waals surface area contributed by atoms with Crippen LogP contribution in [0.2, 0.25) is 0 Å². The van der Waals surface area contributed by atoms with Crippen molar-refractivity contribution in [3.63, 3.8) is 0 Å². The number of aromatic nitrogens is 2. The highest BCUT2D eigenvalue weighted by Crippen LogP contribution is 2.13. The van der Waals surface area contributed by atoms with E-state index >= 15 is 0 Å². The number of nitrogens with two attached hydrogens (primary N) is 1. The normalized spacial score (nSPS) is 12.6. The summed E-state index contributed by atoms with van der Waals surface area (Å²) >= 11 is 0. The molecule has 7 nitrogen and oxygen atoms in total. The zero-order valence-electron chi connectivity index (χ0n) is 10.8. The Morgan fingerprint density at radius 2 is 2.11 bits per heavy atom. The van der Waals surface area contributed by atoms with E-state index in [2.05, 4.69) is 15.1 Å². The van der Waals surface area contributed by atoms with Gasteiger partial charge in [-0.3, -0.25) is 0 Å². The van der Waals surface area contributed by atoms with E-state index in [0.717, 1.165) is 0 Å². The molecule has 0 aliphatic carbocycles. The van der Waals surface area contributed by atoms with Gasteiger partial charge in [0.05, 0.1) is 18.0 Å². The number of nitrogens with zero attached hydrogens (tertiary/aromatic N) is 4. The molecule has 0 bridgehead atoms.